The monoisotopic (exact) mass is 372 g/mol. The molecular formula is C19H20N2O6. The van der Waals surface area contributed by atoms with Crippen molar-refractivity contribution in [2.24, 2.45) is 0 Å². The lowest BCUT2D eigenvalue weighted by Gasteiger charge is -2.15. The summed E-state index contributed by atoms with van der Waals surface area (Å²) in [5.74, 6) is -2.03. The normalized spacial score (nSPS) is 11.4. The number of hydrogen-bond acceptors (Lipinski definition) is 5. The Labute approximate surface area is 155 Å². The number of rotatable bonds is 8. The van der Waals surface area contributed by atoms with Crippen LogP contribution in [0.1, 0.15) is 11.1 Å². The Balaban J connectivity index is 1.84. The van der Waals surface area contributed by atoms with Crippen molar-refractivity contribution in [2.45, 2.75) is 18.9 Å². The summed E-state index contributed by atoms with van der Waals surface area (Å²) in [6, 6.07) is 10.8. The molecule has 8 heteroatoms. The van der Waals surface area contributed by atoms with Crippen LogP contribution in [0.4, 0.5) is 0 Å². The van der Waals surface area contributed by atoms with Crippen molar-refractivity contribution in [3.05, 3.63) is 59.7 Å². The lowest BCUT2D eigenvalue weighted by atomic mass is 10.1. The Morgan fingerprint density at radius 2 is 1.22 bits per heavy atom. The molecule has 0 aliphatic heterocycles. The van der Waals surface area contributed by atoms with Crippen LogP contribution in [0.5, 0.6) is 11.5 Å². The van der Waals surface area contributed by atoms with E-state index in [4.69, 9.17) is 0 Å². The van der Waals surface area contributed by atoms with Crippen LogP contribution in [0.25, 0.3) is 0 Å². The predicted octanol–water partition coefficient (Wildman–Crippen LogP) is 0.569. The van der Waals surface area contributed by atoms with Gasteiger partial charge in [0.05, 0.1) is 12.8 Å². The molecular weight excluding hydrogens is 352 g/mol. The summed E-state index contributed by atoms with van der Waals surface area (Å²) < 4.78 is 0. The zero-order chi connectivity index (χ0) is 19.8. The van der Waals surface area contributed by atoms with Gasteiger partial charge in [-0.2, -0.15) is 0 Å². The van der Waals surface area contributed by atoms with E-state index in [1.165, 1.54) is 24.3 Å². The van der Waals surface area contributed by atoms with Crippen molar-refractivity contribution in [1.29, 1.82) is 0 Å². The van der Waals surface area contributed by atoms with E-state index in [0.717, 1.165) is 0 Å². The number of aliphatic carboxylic acids is 1. The average molecular weight is 372 g/mol. The Hall–Kier alpha value is -3.55. The molecule has 8 nitrogen and oxygen atoms in total. The first-order valence-corrected chi connectivity index (χ1v) is 8.18. The molecule has 0 heterocycles. The van der Waals surface area contributed by atoms with E-state index in [2.05, 4.69) is 10.6 Å². The van der Waals surface area contributed by atoms with Crippen molar-refractivity contribution in [3.8, 4) is 11.5 Å². The SMILES string of the molecule is O=C(Cc1ccc(O)cc1)NCC(NC(=O)Cc1ccc(O)cc1)C(=O)O. The molecule has 0 aliphatic carbocycles. The van der Waals surface area contributed by atoms with Gasteiger partial charge in [0.2, 0.25) is 11.8 Å². The van der Waals surface area contributed by atoms with Gasteiger partial charge in [-0.3, -0.25) is 9.59 Å². The van der Waals surface area contributed by atoms with Crippen molar-refractivity contribution in [1.82, 2.24) is 10.6 Å². The third-order valence-electron chi connectivity index (χ3n) is 3.74. The summed E-state index contributed by atoms with van der Waals surface area (Å²) in [6.45, 7) is -0.256. The predicted molar refractivity (Wildman–Crippen MR) is 96.2 cm³/mol. The van der Waals surface area contributed by atoms with Crippen LogP contribution in [0.2, 0.25) is 0 Å². The van der Waals surface area contributed by atoms with Crippen LogP contribution >= 0.6 is 0 Å². The van der Waals surface area contributed by atoms with Gasteiger partial charge in [0.25, 0.3) is 0 Å². The zero-order valence-electron chi connectivity index (χ0n) is 14.4. The van der Waals surface area contributed by atoms with E-state index >= 15 is 0 Å². The van der Waals surface area contributed by atoms with Gasteiger partial charge < -0.3 is 26.0 Å². The highest BCUT2D eigenvalue weighted by atomic mass is 16.4. The minimum absolute atomic E-state index is 0.0219. The molecule has 0 saturated carbocycles. The molecule has 1 atom stereocenters. The second-order valence-electron chi connectivity index (χ2n) is 5.95. The van der Waals surface area contributed by atoms with Crippen molar-refractivity contribution < 1.29 is 29.7 Å². The fourth-order valence-electron chi connectivity index (χ4n) is 2.32. The van der Waals surface area contributed by atoms with Crippen molar-refractivity contribution in [3.63, 3.8) is 0 Å². The first kappa shape index (κ1) is 19.8. The number of amides is 2. The molecule has 0 saturated heterocycles. The summed E-state index contributed by atoms with van der Waals surface area (Å²) in [4.78, 5) is 35.3. The van der Waals surface area contributed by atoms with Crippen LogP contribution < -0.4 is 10.6 Å². The summed E-state index contributed by atoms with van der Waals surface area (Å²) in [6.07, 6.45) is -0.0282. The Morgan fingerprint density at radius 1 is 0.778 bits per heavy atom. The number of carbonyl (C=O) groups excluding carboxylic acids is 2. The number of carboxylic acids is 1. The van der Waals surface area contributed by atoms with Gasteiger partial charge in [0.1, 0.15) is 17.5 Å². The highest BCUT2D eigenvalue weighted by Gasteiger charge is 2.20. The van der Waals surface area contributed by atoms with E-state index in [9.17, 15) is 29.7 Å². The smallest absolute Gasteiger partial charge is 0.328 e. The minimum Gasteiger partial charge on any atom is -0.508 e. The van der Waals surface area contributed by atoms with E-state index < -0.39 is 23.8 Å². The molecule has 0 aromatic heterocycles. The summed E-state index contributed by atoms with van der Waals surface area (Å²) in [5.41, 5.74) is 1.28. The largest absolute Gasteiger partial charge is 0.508 e. The molecule has 0 fully saturated rings. The number of hydrogen-bond donors (Lipinski definition) is 5. The van der Waals surface area contributed by atoms with Gasteiger partial charge in [0.15, 0.2) is 0 Å². The van der Waals surface area contributed by atoms with E-state index in [1.807, 2.05) is 0 Å². The molecule has 1 unspecified atom stereocenters. The molecule has 2 aromatic rings. The van der Waals surface area contributed by atoms with Crippen LogP contribution in [-0.2, 0) is 27.2 Å². The third kappa shape index (κ3) is 6.69. The van der Waals surface area contributed by atoms with E-state index in [-0.39, 0.29) is 30.9 Å². The van der Waals surface area contributed by atoms with Crippen molar-refractivity contribution in [2.75, 3.05) is 6.54 Å². The number of benzene rings is 2. The van der Waals surface area contributed by atoms with Crippen LogP contribution in [0.15, 0.2) is 48.5 Å². The minimum atomic E-state index is -1.27. The van der Waals surface area contributed by atoms with E-state index in [0.29, 0.717) is 11.1 Å². The molecule has 0 aliphatic rings. The quantitative estimate of drug-likeness (QED) is 0.460. The topological polar surface area (TPSA) is 136 Å². The molecule has 2 aromatic carbocycles. The summed E-state index contributed by atoms with van der Waals surface area (Å²) >= 11 is 0. The second kappa shape index (κ2) is 9.23. The van der Waals surface area contributed by atoms with Crippen LogP contribution in [0, 0.1) is 0 Å². The molecule has 142 valence electrons. The van der Waals surface area contributed by atoms with Gasteiger partial charge in [0, 0.05) is 6.54 Å². The second-order valence-corrected chi connectivity index (χ2v) is 5.95. The highest BCUT2D eigenvalue weighted by Crippen LogP contribution is 2.11. The molecule has 5 N–H and O–H groups in total. The first-order valence-electron chi connectivity index (χ1n) is 8.18. The molecule has 2 amide bonds. The Morgan fingerprint density at radius 3 is 1.67 bits per heavy atom. The Bertz CT molecular complexity index is 802. The molecule has 0 spiro atoms. The number of carbonyl (C=O) groups is 3. The molecule has 27 heavy (non-hydrogen) atoms. The molecule has 2 rings (SSSR count). The first-order chi connectivity index (χ1) is 12.8. The maximum atomic E-state index is 12.0. The van der Waals surface area contributed by atoms with E-state index in [1.54, 1.807) is 24.3 Å². The number of aromatic hydroxyl groups is 2. The van der Waals surface area contributed by atoms with Gasteiger partial charge in [-0.15, -0.1) is 0 Å². The zero-order valence-corrected chi connectivity index (χ0v) is 14.4. The molecule has 0 radical (unpaired) electrons. The van der Waals surface area contributed by atoms with Crippen molar-refractivity contribution >= 4 is 17.8 Å². The summed E-state index contributed by atoms with van der Waals surface area (Å²) in [5, 5.41) is 32.5. The lowest BCUT2D eigenvalue weighted by Crippen LogP contribution is -2.49. The fourth-order valence-corrected chi connectivity index (χ4v) is 2.32. The summed E-state index contributed by atoms with van der Waals surface area (Å²) in [7, 11) is 0. The van der Waals surface area contributed by atoms with Crippen LogP contribution in [-0.4, -0.2) is 45.7 Å². The Kier molecular flexibility index (Phi) is 6.76. The number of phenolic OH excluding ortho intramolecular Hbond substituents is 2. The average Bonchev–Trinajstić information content (AvgIpc) is 2.62. The maximum Gasteiger partial charge on any atom is 0.328 e. The van der Waals surface area contributed by atoms with Gasteiger partial charge in [-0.25, -0.2) is 4.79 Å². The maximum absolute atomic E-state index is 12.0. The number of nitrogens with one attached hydrogen (secondary N) is 2. The lowest BCUT2D eigenvalue weighted by molar-refractivity contribution is -0.141. The standard InChI is InChI=1S/C19H20N2O6/c22-14-5-1-12(2-6-14)9-17(24)20-11-16(19(26)27)21-18(25)10-13-3-7-15(23)8-4-13/h1-8,16,22-23H,9-11H2,(H,20,24)(H,21,25)(H,26,27). The van der Waals surface area contributed by atoms with Crippen LogP contribution in [0.3, 0.4) is 0 Å². The van der Waals surface area contributed by atoms with Gasteiger partial charge in [-0.1, -0.05) is 24.3 Å². The third-order valence-corrected chi connectivity index (χ3v) is 3.74. The van der Waals surface area contributed by atoms with Gasteiger partial charge in [-0.05, 0) is 35.4 Å². The number of carboxylic acid groups (broad SMARTS) is 1. The fraction of sp³-hybridized carbons (Fsp3) is 0.211. The highest BCUT2D eigenvalue weighted by molar-refractivity contribution is 5.86. The molecule has 0 bridgehead atoms. The van der Waals surface area contributed by atoms with Gasteiger partial charge >= 0.3 is 5.97 Å². The number of phenols is 2.